The highest BCUT2D eigenvalue weighted by Gasteiger charge is 2.36. The van der Waals surface area contributed by atoms with Gasteiger partial charge in [0.1, 0.15) is 5.82 Å². The molecule has 3 nitrogen and oxygen atoms in total. The molecule has 0 N–H and O–H groups in total. The molecular formula is C11H9F2N3S. The van der Waals surface area contributed by atoms with Gasteiger partial charge in [-0.05, 0) is 6.07 Å². The Balaban J connectivity index is 2.10. The van der Waals surface area contributed by atoms with Gasteiger partial charge < -0.3 is 0 Å². The summed E-state index contributed by atoms with van der Waals surface area (Å²) in [4.78, 5) is 3.90. The monoisotopic (exact) mass is 253 g/mol. The van der Waals surface area contributed by atoms with Crippen LogP contribution in [0.3, 0.4) is 0 Å². The third-order valence-electron chi connectivity index (χ3n) is 2.92. The molecule has 0 spiro atoms. The van der Waals surface area contributed by atoms with Crippen LogP contribution in [0.1, 0.15) is 30.0 Å². The lowest BCUT2D eigenvalue weighted by Crippen LogP contribution is -2.09. The highest BCUT2D eigenvalue weighted by atomic mass is 32.1. The Labute approximate surface area is 102 Å². The molecule has 0 saturated heterocycles. The fourth-order valence-electron chi connectivity index (χ4n) is 2.17. The van der Waals surface area contributed by atoms with E-state index >= 15 is 0 Å². The number of nitrogens with zero attached hydrogens (tertiary/aromatic N) is 3. The quantitative estimate of drug-likeness (QED) is 0.792. The van der Waals surface area contributed by atoms with Crippen LogP contribution in [-0.2, 0) is 0 Å². The number of rotatable bonds is 1. The lowest BCUT2D eigenvalue weighted by Gasteiger charge is -2.12. The molecule has 0 bridgehead atoms. The highest BCUT2D eigenvalue weighted by Crippen LogP contribution is 2.40. The summed E-state index contributed by atoms with van der Waals surface area (Å²) in [6, 6.07) is 5.89. The third-order valence-corrected chi connectivity index (χ3v) is 3.11. The van der Waals surface area contributed by atoms with Crippen molar-refractivity contribution in [2.45, 2.75) is 23.8 Å². The van der Waals surface area contributed by atoms with Crippen molar-refractivity contribution in [2.75, 3.05) is 0 Å². The van der Waals surface area contributed by atoms with Crippen LogP contribution >= 0.6 is 12.6 Å². The van der Waals surface area contributed by atoms with Crippen LogP contribution in [0.4, 0.5) is 8.78 Å². The van der Waals surface area contributed by atoms with Crippen molar-refractivity contribution >= 4 is 12.6 Å². The van der Waals surface area contributed by atoms with Crippen molar-refractivity contribution in [2.24, 2.45) is 0 Å². The SMILES string of the molecule is Fc1ccccc1[C@@H]1C[C@H](F)c2nc(S)nn21. The van der Waals surface area contributed by atoms with E-state index in [0.29, 0.717) is 5.56 Å². The Hall–Kier alpha value is -1.43. The predicted octanol–water partition coefficient (Wildman–Crippen LogP) is 2.71. The molecule has 0 radical (unpaired) electrons. The topological polar surface area (TPSA) is 30.7 Å². The number of halogens is 2. The van der Waals surface area contributed by atoms with E-state index in [1.807, 2.05) is 0 Å². The van der Waals surface area contributed by atoms with Gasteiger partial charge in [0.15, 0.2) is 12.0 Å². The lowest BCUT2D eigenvalue weighted by molar-refractivity contribution is 0.325. The first kappa shape index (κ1) is 10.7. The molecular weight excluding hydrogens is 244 g/mol. The van der Waals surface area contributed by atoms with E-state index < -0.39 is 12.2 Å². The van der Waals surface area contributed by atoms with Gasteiger partial charge in [-0.1, -0.05) is 18.2 Å². The standard InChI is InChI=1S/C11H9F2N3S/c12-7-4-2-1-3-6(7)9-5-8(13)10-14-11(17)15-16(9)10/h1-4,8-9H,5H2,(H,15,17)/t8-,9-/m0/s1. The van der Waals surface area contributed by atoms with Crippen LogP contribution in [0.5, 0.6) is 0 Å². The second-order valence-electron chi connectivity index (χ2n) is 3.96. The summed E-state index contributed by atoms with van der Waals surface area (Å²) in [5.74, 6) is -0.128. The first-order chi connectivity index (χ1) is 8.16. The van der Waals surface area contributed by atoms with Crippen LogP contribution in [0, 0.1) is 5.82 Å². The minimum atomic E-state index is -1.21. The Morgan fingerprint density at radius 3 is 2.88 bits per heavy atom. The Morgan fingerprint density at radius 2 is 2.12 bits per heavy atom. The van der Waals surface area contributed by atoms with Gasteiger partial charge in [-0.25, -0.2) is 18.4 Å². The summed E-state index contributed by atoms with van der Waals surface area (Å²) in [5.41, 5.74) is 0.437. The molecule has 3 rings (SSSR count). The number of aromatic nitrogens is 3. The molecule has 17 heavy (non-hydrogen) atoms. The van der Waals surface area contributed by atoms with E-state index in [-0.39, 0.29) is 23.2 Å². The van der Waals surface area contributed by atoms with E-state index in [1.165, 1.54) is 10.7 Å². The second-order valence-corrected chi connectivity index (χ2v) is 4.36. The fourth-order valence-corrected chi connectivity index (χ4v) is 2.37. The molecule has 0 amide bonds. The van der Waals surface area contributed by atoms with Crippen LogP contribution in [0.2, 0.25) is 0 Å². The molecule has 2 aromatic rings. The molecule has 2 atom stereocenters. The average Bonchev–Trinajstić information content (AvgIpc) is 2.80. The fraction of sp³-hybridized carbons (Fsp3) is 0.273. The largest absolute Gasteiger partial charge is 0.239 e. The number of fused-ring (bicyclic) bond motifs is 1. The zero-order valence-corrected chi connectivity index (χ0v) is 9.61. The molecule has 6 heteroatoms. The molecule has 0 saturated carbocycles. The normalized spacial score (nSPS) is 22.8. The van der Waals surface area contributed by atoms with Gasteiger partial charge in [0.05, 0.1) is 6.04 Å². The summed E-state index contributed by atoms with van der Waals surface area (Å²) in [6.07, 6.45) is -1.04. The molecule has 2 heterocycles. The summed E-state index contributed by atoms with van der Waals surface area (Å²) in [6.45, 7) is 0. The summed E-state index contributed by atoms with van der Waals surface area (Å²) in [7, 11) is 0. The van der Waals surface area contributed by atoms with E-state index in [2.05, 4.69) is 22.7 Å². The first-order valence-corrected chi connectivity index (χ1v) is 5.65. The van der Waals surface area contributed by atoms with Crippen molar-refractivity contribution in [3.63, 3.8) is 0 Å². The van der Waals surface area contributed by atoms with Crippen molar-refractivity contribution in [1.82, 2.24) is 14.8 Å². The van der Waals surface area contributed by atoms with Crippen molar-refractivity contribution < 1.29 is 8.78 Å². The molecule has 0 unspecified atom stereocenters. The molecule has 1 aliphatic rings. The van der Waals surface area contributed by atoms with Crippen LogP contribution in [0.15, 0.2) is 29.4 Å². The molecule has 1 aliphatic heterocycles. The Morgan fingerprint density at radius 1 is 1.35 bits per heavy atom. The van der Waals surface area contributed by atoms with Crippen molar-refractivity contribution in [3.05, 3.63) is 41.5 Å². The zero-order valence-electron chi connectivity index (χ0n) is 8.72. The number of benzene rings is 1. The summed E-state index contributed by atoms with van der Waals surface area (Å²) < 4.78 is 28.8. The molecule has 1 aromatic heterocycles. The van der Waals surface area contributed by atoms with E-state index in [9.17, 15) is 8.78 Å². The van der Waals surface area contributed by atoms with Gasteiger partial charge in [0.25, 0.3) is 0 Å². The lowest BCUT2D eigenvalue weighted by atomic mass is 10.0. The maximum Gasteiger partial charge on any atom is 0.205 e. The number of hydrogen-bond acceptors (Lipinski definition) is 3. The third kappa shape index (κ3) is 1.63. The van der Waals surface area contributed by atoms with Gasteiger partial charge in [-0.15, -0.1) is 17.7 Å². The molecule has 0 aliphatic carbocycles. The second kappa shape index (κ2) is 3.80. The van der Waals surface area contributed by atoms with Crippen molar-refractivity contribution in [1.29, 1.82) is 0 Å². The van der Waals surface area contributed by atoms with Crippen LogP contribution < -0.4 is 0 Å². The predicted molar refractivity (Wildman–Crippen MR) is 60.3 cm³/mol. The smallest absolute Gasteiger partial charge is 0.205 e. The minimum absolute atomic E-state index is 0.171. The van der Waals surface area contributed by atoms with Gasteiger partial charge in [-0.2, -0.15) is 0 Å². The Kier molecular flexibility index (Phi) is 2.39. The van der Waals surface area contributed by atoms with E-state index in [4.69, 9.17) is 0 Å². The highest BCUT2D eigenvalue weighted by molar-refractivity contribution is 7.80. The number of alkyl halides is 1. The van der Waals surface area contributed by atoms with E-state index in [1.54, 1.807) is 18.2 Å². The summed E-state index contributed by atoms with van der Waals surface area (Å²) >= 11 is 3.98. The van der Waals surface area contributed by atoms with Gasteiger partial charge in [0.2, 0.25) is 5.16 Å². The Bertz CT molecular complexity index is 570. The van der Waals surface area contributed by atoms with Crippen LogP contribution in [0.25, 0.3) is 0 Å². The van der Waals surface area contributed by atoms with Gasteiger partial charge in [-0.3, -0.25) is 0 Å². The van der Waals surface area contributed by atoms with Crippen LogP contribution in [-0.4, -0.2) is 14.8 Å². The van der Waals surface area contributed by atoms with E-state index in [0.717, 1.165) is 0 Å². The number of thiol groups is 1. The van der Waals surface area contributed by atoms with Gasteiger partial charge >= 0.3 is 0 Å². The molecule has 88 valence electrons. The maximum absolute atomic E-state index is 13.7. The molecule has 1 aromatic carbocycles. The average molecular weight is 253 g/mol. The summed E-state index contributed by atoms with van der Waals surface area (Å²) in [5, 5.41) is 4.22. The zero-order chi connectivity index (χ0) is 12.0. The minimum Gasteiger partial charge on any atom is -0.239 e. The van der Waals surface area contributed by atoms with Crippen molar-refractivity contribution in [3.8, 4) is 0 Å². The number of hydrogen-bond donors (Lipinski definition) is 1. The first-order valence-electron chi connectivity index (χ1n) is 5.20. The maximum atomic E-state index is 13.7. The molecule has 0 fully saturated rings. The van der Waals surface area contributed by atoms with Gasteiger partial charge in [0, 0.05) is 12.0 Å².